The van der Waals surface area contributed by atoms with E-state index in [1.807, 2.05) is 6.92 Å². The number of alkyl halides is 3. The highest BCUT2D eigenvalue weighted by Crippen LogP contribution is 2.32. The standard InChI is InChI=1S/C21H19F3N4O3/c1-2-30-17-8-6-16(7-9-17)25-20(29)28-11-14(12-28)19-26-18(27-31-19)13-4-3-5-15(10-13)21(22,23)24/h3-10,14H,2,11-12H2,1H3,(H,25,29). The van der Waals surface area contributed by atoms with Crippen LogP contribution in [0.25, 0.3) is 11.4 Å². The Bertz CT molecular complexity index is 1060. The molecule has 0 aliphatic carbocycles. The van der Waals surface area contributed by atoms with E-state index in [4.69, 9.17) is 9.26 Å². The molecule has 162 valence electrons. The van der Waals surface area contributed by atoms with E-state index in [0.717, 1.165) is 17.9 Å². The number of hydrogen-bond acceptors (Lipinski definition) is 5. The molecule has 0 spiro atoms. The number of halogens is 3. The van der Waals surface area contributed by atoms with E-state index >= 15 is 0 Å². The fraction of sp³-hybridized carbons (Fsp3) is 0.286. The predicted molar refractivity (Wildman–Crippen MR) is 106 cm³/mol. The number of benzene rings is 2. The van der Waals surface area contributed by atoms with E-state index in [9.17, 15) is 18.0 Å². The molecule has 2 aromatic carbocycles. The van der Waals surface area contributed by atoms with Crippen LogP contribution >= 0.6 is 0 Å². The number of amides is 2. The maximum Gasteiger partial charge on any atom is 0.416 e. The van der Waals surface area contributed by atoms with Crippen molar-refractivity contribution in [2.45, 2.75) is 19.0 Å². The first-order chi connectivity index (χ1) is 14.8. The lowest BCUT2D eigenvalue weighted by Crippen LogP contribution is -2.50. The number of nitrogens with one attached hydrogen (secondary N) is 1. The SMILES string of the molecule is CCOc1ccc(NC(=O)N2CC(c3nc(-c4cccc(C(F)(F)F)c4)no3)C2)cc1. The Morgan fingerprint density at radius 1 is 1.23 bits per heavy atom. The zero-order valence-corrected chi connectivity index (χ0v) is 16.5. The average Bonchev–Trinajstić information content (AvgIpc) is 3.18. The van der Waals surface area contributed by atoms with Crippen LogP contribution < -0.4 is 10.1 Å². The molecule has 1 saturated heterocycles. The molecule has 2 heterocycles. The first-order valence-corrected chi connectivity index (χ1v) is 9.63. The Kier molecular flexibility index (Phi) is 5.53. The first-order valence-electron chi connectivity index (χ1n) is 9.63. The monoisotopic (exact) mass is 432 g/mol. The maximum absolute atomic E-state index is 12.9. The van der Waals surface area contributed by atoms with Crippen molar-refractivity contribution in [1.29, 1.82) is 0 Å². The fourth-order valence-corrected chi connectivity index (χ4v) is 3.16. The van der Waals surface area contributed by atoms with Gasteiger partial charge in [-0.15, -0.1) is 0 Å². The van der Waals surface area contributed by atoms with Gasteiger partial charge in [0, 0.05) is 24.3 Å². The van der Waals surface area contributed by atoms with Crippen LogP contribution in [-0.4, -0.2) is 40.8 Å². The maximum atomic E-state index is 12.9. The van der Waals surface area contributed by atoms with Crippen LogP contribution in [0, 0.1) is 0 Å². The summed E-state index contributed by atoms with van der Waals surface area (Å²) in [6, 6.07) is 11.5. The van der Waals surface area contributed by atoms with Gasteiger partial charge in [0.25, 0.3) is 0 Å². The number of carbonyl (C=O) groups is 1. The summed E-state index contributed by atoms with van der Waals surface area (Å²) >= 11 is 0. The summed E-state index contributed by atoms with van der Waals surface area (Å²) in [5.41, 5.74) is 0.0768. The first kappa shape index (κ1) is 20.7. The molecule has 1 aliphatic rings. The number of aromatic nitrogens is 2. The molecular formula is C21H19F3N4O3. The van der Waals surface area contributed by atoms with Crippen molar-refractivity contribution >= 4 is 11.7 Å². The molecule has 0 bridgehead atoms. The summed E-state index contributed by atoms with van der Waals surface area (Å²) in [6.07, 6.45) is -4.45. The Morgan fingerprint density at radius 3 is 2.65 bits per heavy atom. The lowest BCUT2D eigenvalue weighted by molar-refractivity contribution is -0.137. The van der Waals surface area contributed by atoms with Crippen LogP contribution in [0.2, 0.25) is 0 Å². The summed E-state index contributed by atoms with van der Waals surface area (Å²) in [4.78, 5) is 18.1. The third-order valence-electron chi connectivity index (χ3n) is 4.82. The number of urea groups is 1. The minimum absolute atomic E-state index is 0.0818. The van der Waals surface area contributed by atoms with Gasteiger partial charge in [0.2, 0.25) is 11.7 Å². The lowest BCUT2D eigenvalue weighted by atomic mass is 10.0. The van der Waals surface area contributed by atoms with Gasteiger partial charge in [-0.25, -0.2) is 4.79 Å². The summed E-state index contributed by atoms with van der Waals surface area (Å²) in [7, 11) is 0. The highest BCUT2D eigenvalue weighted by atomic mass is 19.4. The lowest BCUT2D eigenvalue weighted by Gasteiger charge is -2.36. The smallest absolute Gasteiger partial charge is 0.416 e. The van der Waals surface area contributed by atoms with Crippen LogP contribution in [0.1, 0.15) is 24.3 Å². The Morgan fingerprint density at radius 2 is 1.97 bits per heavy atom. The van der Waals surface area contributed by atoms with E-state index in [0.29, 0.717) is 25.4 Å². The summed E-state index contributed by atoms with van der Waals surface area (Å²) in [5, 5.41) is 6.58. The highest BCUT2D eigenvalue weighted by molar-refractivity contribution is 5.90. The molecule has 10 heteroatoms. The van der Waals surface area contributed by atoms with Crippen LogP contribution in [0.4, 0.5) is 23.7 Å². The van der Waals surface area contributed by atoms with Gasteiger partial charge in [-0.05, 0) is 43.3 Å². The van der Waals surface area contributed by atoms with Gasteiger partial charge in [-0.2, -0.15) is 18.2 Å². The number of rotatable bonds is 5. The van der Waals surface area contributed by atoms with Crippen molar-refractivity contribution in [3.63, 3.8) is 0 Å². The largest absolute Gasteiger partial charge is 0.494 e. The van der Waals surface area contributed by atoms with Crippen LogP contribution in [0.3, 0.4) is 0 Å². The fourth-order valence-electron chi connectivity index (χ4n) is 3.16. The molecule has 2 amide bonds. The molecule has 7 nitrogen and oxygen atoms in total. The normalized spacial score (nSPS) is 14.3. The Hall–Kier alpha value is -3.56. The van der Waals surface area contributed by atoms with Gasteiger partial charge in [-0.3, -0.25) is 0 Å². The molecule has 1 N–H and O–H groups in total. The topological polar surface area (TPSA) is 80.5 Å². The van der Waals surface area contributed by atoms with Crippen molar-refractivity contribution in [2.75, 3.05) is 25.0 Å². The summed E-state index contributed by atoms with van der Waals surface area (Å²) < 4.78 is 49.3. The van der Waals surface area contributed by atoms with Crippen LogP contribution in [-0.2, 0) is 6.18 Å². The molecule has 3 aromatic rings. The zero-order valence-electron chi connectivity index (χ0n) is 16.5. The molecular weight excluding hydrogens is 413 g/mol. The molecule has 1 fully saturated rings. The quantitative estimate of drug-likeness (QED) is 0.627. The van der Waals surface area contributed by atoms with E-state index in [-0.39, 0.29) is 29.2 Å². The molecule has 4 rings (SSSR count). The number of ether oxygens (including phenoxy) is 1. The highest BCUT2D eigenvalue weighted by Gasteiger charge is 2.36. The number of likely N-dealkylation sites (tertiary alicyclic amines) is 1. The number of nitrogens with zero attached hydrogens (tertiary/aromatic N) is 3. The van der Waals surface area contributed by atoms with Crippen molar-refractivity contribution in [3.05, 3.63) is 60.0 Å². The van der Waals surface area contributed by atoms with Crippen LogP contribution in [0.5, 0.6) is 5.75 Å². The minimum Gasteiger partial charge on any atom is -0.494 e. The van der Waals surface area contributed by atoms with Gasteiger partial charge < -0.3 is 19.5 Å². The Labute approximate surface area is 175 Å². The van der Waals surface area contributed by atoms with Crippen LogP contribution in [0.15, 0.2) is 53.1 Å². The second kappa shape index (κ2) is 8.29. The third kappa shape index (κ3) is 4.62. The van der Waals surface area contributed by atoms with E-state index in [2.05, 4.69) is 15.5 Å². The molecule has 0 unspecified atom stereocenters. The molecule has 0 saturated carbocycles. The molecule has 1 aromatic heterocycles. The number of hydrogen-bond donors (Lipinski definition) is 1. The van der Waals surface area contributed by atoms with Crippen molar-refractivity contribution < 1.29 is 27.2 Å². The molecule has 0 atom stereocenters. The second-order valence-electron chi connectivity index (χ2n) is 7.02. The summed E-state index contributed by atoms with van der Waals surface area (Å²) in [5.74, 6) is 0.923. The summed E-state index contributed by atoms with van der Waals surface area (Å²) in [6.45, 7) is 3.19. The van der Waals surface area contributed by atoms with Gasteiger partial charge >= 0.3 is 12.2 Å². The average molecular weight is 432 g/mol. The van der Waals surface area contributed by atoms with Crippen molar-refractivity contribution in [1.82, 2.24) is 15.0 Å². The predicted octanol–water partition coefficient (Wildman–Crippen LogP) is 4.79. The van der Waals surface area contributed by atoms with Gasteiger partial charge in [0.05, 0.1) is 18.1 Å². The zero-order chi connectivity index (χ0) is 22.0. The second-order valence-corrected chi connectivity index (χ2v) is 7.02. The molecule has 0 radical (unpaired) electrons. The number of carbonyl (C=O) groups excluding carboxylic acids is 1. The number of anilines is 1. The van der Waals surface area contributed by atoms with Gasteiger partial charge in [-0.1, -0.05) is 17.3 Å². The van der Waals surface area contributed by atoms with E-state index < -0.39 is 11.7 Å². The Balaban J connectivity index is 1.34. The minimum atomic E-state index is -4.45. The third-order valence-corrected chi connectivity index (χ3v) is 4.82. The molecule has 31 heavy (non-hydrogen) atoms. The van der Waals surface area contributed by atoms with Crippen molar-refractivity contribution in [2.24, 2.45) is 0 Å². The van der Waals surface area contributed by atoms with Gasteiger partial charge in [0.15, 0.2) is 0 Å². The van der Waals surface area contributed by atoms with Crippen molar-refractivity contribution in [3.8, 4) is 17.1 Å². The van der Waals surface area contributed by atoms with E-state index in [1.165, 1.54) is 12.1 Å². The van der Waals surface area contributed by atoms with Gasteiger partial charge in [0.1, 0.15) is 5.75 Å². The molecule has 1 aliphatic heterocycles. The van der Waals surface area contributed by atoms with E-state index in [1.54, 1.807) is 29.2 Å².